The van der Waals surface area contributed by atoms with E-state index in [-0.39, 0.29) is 11.8 Å². The number of rotatable bonds is 8. The first-order chi connectivity index (χ1) is 10.3. The van der Waals surface area contributed by atoms with E-state index >= 15 is 0 Å². The number of ether oxygens (including phenoxy) is 1. The molecule has 21 heavy (non-hydrogen) atoms. The van der Waals surface area contributed by atoms with Crippen molar-refractivity contribution >= 4 is 5.91 Å². The first kappa shape index (κ1) is 15.0. The van der Waals surface area contributed by atoms with Gasteiger partial charge in [-0.15, -0.1) is 0 Å². The van der Waals surface area contributed by atoms with Crippen molar-refractivity contribution in [2.24, 2.45) is 5.92 Å². The van der Waals surface area contributed by atoms with Gasteiger partial charge in [0.2, 0.25) is 5.91 Å². The van der Waals surface area contributed by atoms with Crippen LogP contribution in [0, 0.1) is 5.92 Å². The van der Waals surface area contributed by atoms with E-state index in [0.29, 0.717) is 19.7 Å². The summed E-state index contributed by atoms with van der Waals surface area (Å²) in [5.74, 6) is 0.673. The first-order valence-electron chi connectivity index (χ1n) is 7.03. The average molecular weight is 288 g/mol. The Labute approximate surface area is 124 Å². The second kappa shape index (κ2) is 8.04. The maximum Gasteiger partial charge on any atom is 0.224 e. The Morgan fingerprint density at radius 3 is 3.05 bits per heavy atom. The van der Waals surface area contributed by atoms with Gasteiger partial charge < -0.3 is 10.1 Å². The molecule has 0 aliphatic heterocycles. The largest absolute Gasteiger partial charge is 0.492 e. The fourth-order valence-corrected chi connectivity index (χ4v) is 1.85. The second-order valence-electron chi connectivity index (χ2n) is 4.81. The van der Waals surface area contributed by atoms with Gasteiger partial charge in [-0.1, -0.05) is 6.92 Å². The molecule has 0 spiro atoms. The molecule has 0 saturated carbocycles. The van der Waals surface area contributed by atoms with E-state index in [2.05, 4.69) is 15.4 Å². The molecule has 0 bridgehead atoms. The molecule has 6 heteroatoms. The van der Waals surface area contributed by atoms with Crippen LogP contribution in [0.15, 0.2) is 43.0 Å². The number of nitrogens with zero attached hydrogens (tertiary/aromatic N) is 3. The predicted octanol–water partition coefficient (Wildman–Crippen LogP) is 1.50. The molecule has 0 aromatic carbocycles. The minimum atomic E-state index is -0.107. The van der Waals surface area contributed by atoms with Crippen molar-refractivity contribution in [2.75, 3.05) is 13.2 Å². The maximum atomic E-state index is 11.9. The summed E-state index contributed by atoms with van der Waals surface area (Å²) < 4.78 is 7.27. The minimum Gasteiger partial charge on any atom is -0.492 e. The molecule has 2 aromatic rings. The fourth-order valence-electron chi connectivity index (χ4n) is 1.85. The second-order valence-corrected chi connectivity index (χ2v) is 4.81. The van der Waals surface area contributed by atoms with Gasteiger partial charge in [0.25, 0.3) is 0 Å². The molecule has 0 saturated heterocycles. The van der Waals surface area contributed by atoms with Gasteiger partial charge >= 0.3 is 0 Å². The Morgan fingerprint density at radius 1 is 1.43 bits per heavy atom. The molecule has 1 atom stereocenters. The smallest absolute Gasteiger partial charge is 0.224 e. The number of nitrogens with one attached hydrogen (secondary N) is 1. The normalized spacial score (nSPS) is 11.9. The number of amides is 1. The van der Waals surface area contributed by atoms with Gasteiger partial charge in [0.1, 0.15) is 5.75 Å². The number of carbonyl (C=O) groups is 1. The van der Waals surface area contributed by atoms with E-state index in [0.717, 1.165) is 12.2 Å². The summed E-state index contributed by atoms with van der Waals surface area (Å²) in [4.78, 5) is 15.9. The number of carbonyl (C=O) groups excluding carboxylic acids is 1. The predicted molar refractivity (Wildman–Crippen MR) is 78.7 cm³/mol. The van der Waals surface area contributed by atoms with Gasteiger partial charge in [0, 0.05) is 25.1 Å². The van der Waals surface area contributed by atoms with E-state index in [1.54, 1.807) is 23.3 Å². The zero-order valence-electron chi connectivity index (χ0n) is 12.1. The summed E-state index contributed by atoms with van der Waals surface area (Å²) in [5.41, 5.74) is 0. The van der Waals surface area contributed by atoms with Crippen LogP contribution in [0.1, 0.15) is 13.3 Å². The lowest BCUT2D eigenvalue weighted by molar-refractivity contribution is -0.124. The third-order valence-electron chi connectivity index (χ3n) is 2.99. The fraction of sp³-hybridized carbons (Fsp3) is 0.400. The van der Waals surface area contributed by atoms with Crippen LogP contribution in [0.3, 0.4) is 0 Å². The van der Waals surface area contributed by atoms with E-state index in [9.17, 15) is 4.79 Å². The number of hydrogen-bond acceptors (Lipinski definition) is 4. The van der Waals surface area contributed by atoms with Crippen LogP contribution in [0.2, 0.25) is 0 Å². The van der Waals surface area contributed by atoms with Gasteiger partial charge in [0.05, 0.1) is 25.3 Å². The zero-order chi connectivity index (χ0) is 14.9. The molecule has 112 valence electrons. The molecule has 1 amide bonds. The quantitative estimate of drug-likeness (QED) is 0.747. The summed E-state index contributed by atoms with van der Waals surface area (Å²) in [6, 6.07) is 5.53. The Bertz CT molecular complexity index is 528. The van der Waals surface area contributed by atoms with Crippen LogP contribution < -0.4 is 10.1 Å². The third-order valence-corrected chi connectivity index (χ3v) is 2.99. The number of pyridine rings is 1. The van der Waals surface area contributed by atoms with E-state index in [1.807, 2.05) is 31.3 Å². The van der Waals surface area contributed by atoms with E-state index in [1.165, 1.54) is 0 Å². The number of aromatic nitrogens is 3. The van der Waals surface area contributed by atoms with Gasteiger partial charge in [-0.25, -0.2) is 0 Å². The lowest BCUT2D eigenvalue weighted by Gasteiger charge is -2.12. The van der Waals surface area contributed by atoms with Gasteiger partial charge in [-0.05, 0) is 24.6 Å². The summed E-state index contributed by atoms with van der Waals surface area (Å²) in [7, 11) is 0. The number of hydrogen-bond donors (Lipinski definition) is 1. The topological polar surface area (TPSA) is 69.0 Å². The Morgan fingerprint density at radius 2 is 2.33 bits per heavy atom. The summed E-state index contributed by atoms with van der Waals surface area (Å²) in [5, 5.41) is 7.00. The lowest BCUT2D eigenvalue weighted by Crippen LogP contribution is -2.32. The van der Waals surface area contributed by atoms with Gasteiger partial charge in [-0.2, -0.15) is 5.10 Å². The highest BCUT2D eigenvalue weighted by Crippen LogP contribution is 2.06. The molecule has 0 fully saturated rings. The van der Waals surface area contributed by atoms with Crippen molar-refractivity contribution in [3.05, 3.63) is 43.0 Å². The molecule has 1 N–H and O–H groups in total. The van der Waals surface area contributed by atoms with Crippen molar-refractivity contribution in [3.63, 3.8) is 0 Å². The molecule has 0 radical (unpaired) electrons. The van der Waals surface area contributed by atoms with E-state index in [4.69, 9.17) is 4.74 Å². The highest BCUT2D eigenvalue weighted by Gasteiger charge is 2.12. The molecule has 0 aliphatic carbocycles. The van der Waals surface area contributed by atoms with Crippen LogP contribution in [0.5, 0.6) is 5.75 Å². The zero-order valence-corrected chi connectivity index (χ0v) is 12.1. The molecule has 0 aliphatic rings. The molecule has 2 heterocycles. The lowest BCUT2D eigenvalue weighted by atomic mass is 10.1. The van der Waals surface area contributed by atoms with Crippen molar-refractivity contribution < 1.29 is 9.53 Å². The Balaban J connectivity index is 1.58. The van der Waals surface area contributed by atoms with Crippen molar-refractivity contribution in [3.8, 4) is 5.75 Å². The van der Waals surface area contributed by atoms with Crippen molar-refractivity contribution in [2.45, 2.75) is 19.9 Å². The Kier molecular flexibility index (Phi) is 5.75. The minimum absolute atomic E-state index is 0.0341. The molecular weight excluding hydrogens is 268 g/mol. The van der Waals surface area contributed by atoms with Crippen LogP contribution >= 0.6 is 0 Å². The molecule has 2 aromatic heterocycles. The standard InChI is InChI=1S/C15H20N4O2/c1-13(12-19-9-3-8-18-19)15(20)17-7-4-10-21-14-5-2-6-16-11-14/h2-3,5-6,8-9,11,13H,4,7,10,12H2,1H3,(H,17,20)/t13-/m1/s1. The summed E-state index contributed by atoms with van der Waals surface area (Å²) in [6.45, 7) is 3.64. The third kappa shape index (κ3) is 5.25. The van der Waals surface area contributed by atoms with Crippen LogP contribution in [0.25, 0.3) is 0 Å². The first-order valence-corrected chi connectivity index (χ1v) is 7.03. The Hall–Kier alpha value is -2.37. The van der Waals surface area contributed by atoms with Gasteiger partial charge in [0.15, 0.2) is 0 Å². The monoisotopic (exact) mass is 288 g/mol. The summed E-state index contributed by atoms with van der Waals surface area (Å²) >= 11 is 0. The molecular formula is C15H20N4O2. The van der Waals surface area contributed by atoms with Crippen molar-refractivity contribution in [1.82, 2.24) is 20.1 Å². The maximum absolute atomic E-state index is 11.9. The van der Waals surface area contributed by atoms with Gasteiger partial charge in [-0.3, -0.25) is 14.5 Å². The van der Waals surface area contributed by atoms with Crippen LogP contribution in [0.4, 0.5) is 0 Å². The van der Waals surface area contributed by atoms with Crippen LogP contribution in [-0.4, -0.2) is 33.8 Å². The highest BCUT2D eigenvalue weighted by atomic mass is 16.5. The molecule has 2 rings (SSSR count). The highest BCUT2D eigenvalue weighted by molar-refractivity contribution is 5.78. The summed E-state index contributed by atoms with van der Waals surface area (Å²) in [6.07, 6.45) is 7.69. The molecule has 0 unspecified atom stereocenters. The SMILES string of the molecule is C[C@H](Cn1cccn1)C(=O)NCCCOc1cccnc1. The molecule has 6 nitrogen and oxygen atoms in total. The van der Waals surface area contributed by atoms with E-state index < -0.39 is 0 Å². The van der Waals surface area contributed by atoms with Crippen LogP contribution in [-0.2, 0) is 11.3 Å². The average Bonchev–Trinajstić information content (AvgIpc) is 3.00. The van der Waals surface area contributed by atoms with Crippen molar-refractivity contribution in [1.29, 1.82) is 0 Å².